The Kier molecular flexibility index (Phi) is 9.47. The van der Waals surface area contributed by atoms with E-state index in [1.165, 1.54) is 27.7 Å². The van der Waals surface area contributed by atoms with Gasteiger partial charge in [0.15, 0.2) is 0 Å². The maximum Gasteiger partial charge on any atom is 0.336 e. The third-order valence-electron chi connectivity index (χ3n) is 3.08. The zero-order valence-electron chi connectivity index (χ0n) is 16.7. The molecule has 0 aliphatic heterocycles. The minimum absolute atomic E-state index is 0.114. The molecule has 0 aromatic rings. The largest absolute Gasteiger partial charge is 0.425 e. The van der Waals surface area contributed by atoms with Gasteiger partial charge in [0, 0.05) is 25.0 Å². The number of ether oxygens (including phenoxy) is 4. The van der Waals surface area contributed by atoms with Crippen molar-refractivity contribution in [2.45, 2.75) is 67.0 Å². The van der Waals surface area contributed by atoms with Crippen LogP contribution in [0, 0.1) is 5.41 Å². The monoisotopic (exact) mass is 384 g/mol. The van der Waals surface area contributed by atoms with Crippen LogP contribution in [0.4, 0.5) is 0 Å². The lowest BCUT2D eigenvalue weighted by atomic mass is 9.86. The van der Waals surface area contributed by atoms with Crippen LogP contribution in [-0.2, 0) is 38.1 Å². The molecule has 0 saturated carbocycles. The molecule has 0 N–H and O–H groups in total. The standard InChI is InChI=1S/C19H28O8/c1-11(2)17(22)26-13(5)24-15(20)9-19(7,8)10-16(21)25-14(6)27-18(23)12(3)4/h13-14H,1,3,9-10H2,2,4-8H3. The van der Waals surface area contributed by atoms with E-state index >= 15 is 0 Å². The van der Waals surface area contributed by atoms with Gasteiger partial charge >= 0.3 is 23.9 Å². The maximum absolute atomic E-state index is 12.0. The first-order valence-electron chi connectivity index (χ1n) is 8.35. The SMILES string of the molecule is C=C(C)C(=O)OC(C)OC(=O)CC(C)(C)CC(=O)OC(C)OC(=O)C(=C)C. The van der Waals surface area contributed by atoms with Crippen LogP contribution in [0.1, 0.15) is 54.4 Å². The summed E-state index contributed by atoms with van der Waals surface area (Å²) in [5.74, 6) is -2.62. The third kappa shape index (κ3) is 10.8. The molecule has 0 rings (SSSR count). The van der Waals surface area contributed by atoms with E-state index in [0.29, 0.717) is 0 Å². The molecule has 0 aromatic carbocycles. The summed E-state index contributed by atoms with van der Waals surface area (Å²) in [6, 6.07) is 0. The molecule has 0 heterocycles. The van der Waals surface area contributed by atoms with Crippen molar-refractivity contribution in [2.75, 3.05) is 0 Å². The lowest BCUT2D eigenvalue weighted by Crippen LogP contribution is -2.29. The normalized spacial score (nSPS) is 13.0. The first kappa shape index (κ1) is 24.4. The lowest BCUT2D eigenvalue weighted by molar-refractivity contribution is -0.184. The average molecular weight is 384 g/mol. The molecule has 0 aromatic heterocycles. The molecular formula is C19H28O8. The van der Waals surface area contributed by atoms with Crippen molar-refractivity contribution in [3.8, 4) is 0 Å². The second-order valence-corrected chi connectivity index (χ2v) is 7.00. The van der Waals surface area contributed by atoms with Crippen molar-refractivity contribution in [3.63, 3.8) is 0 Å². The van der Waals surface area contributed by atoms with Gasteiger partial charge in [-0.25, -0.2) is 9.59 Å². The van der Waals surface area contributed by atoms with Gasteiger partial charge < -0.3 is 18.9 Å². The first-order valence-corrected chi connectivity index (χ1v) is 8.35. The molecule has 0 saturated heterocycles. The highest BCUT2D eigenvalue weighted by molar-refractivity contribution is 5.87. The van der Waals surface area contributed by atoms with E-state index in [0.717, 1.165) is 0 Å². The lowest BCUT2D eigenvalue weighted by Gasteiger charge is -2.24. The number of esters is 4. The summed E-state index contributed by atoms with van der Waals surface area (Å²) < 4.78 is 19.7. The van der Waals surface area contributed by atoms with Crippen LogP contribution < -0.4 is 0 Å². The van der Waals surface area contributed by atoms with Gasteiger partial charge in [-0.1, -0.05) is 27.0 Å². The molecule has 0 spiro atoms. The van der Waals surface area contributed by atoms with Crippen LogP contribution in [0.15, 0.2) is 24.3 Å². The highest BCUT2D eigenvalue weighted by atomic mass is 16.7. The van der Waals surface area contributed by atoms with Crippen molar-refractivity contribution in [2.24, 2.45) is 5.41 Å². The summed E-state index contributed by atoms with van der Waals surface area (Å²) in [4.78, 5) is 46.7. The van der Waals surface area contributed by atoms with Gasteiger partial charge in [0.1, 0.15) is 0 Å². The molecule has 0 amide bonds. The van der Waals surface area contributed by atoms with Crippen LogP contribution in [0.3, 0.4) is 0 Å². The molecule has 2 atom stereocenters. The molecule has 8 nitrogen and oxygen atoms in total. The Labute approximate surface area is 159 Å². The second-order valence-electron chi connectivity index (χ2n) is 7.00. The molecule has 0 bridgehead atoms. The van der Waals surface area contributed by atoms with E-state index in [-0.39, 0.29) is 24.0 Å². The van der Waals surface area contributed by atoms with E-state index in [9.17, 15) is 19.2 Å². The number of carbonyl (C=O) groups excluding carboxylic acids is 4. The molecule has 0 fully saturated rings. The molecule has 0 aliphatic carbocycles. The van der Waals surface area contributed by atoms with Crippen LogP contribution in [0.25, 0.3) is 0 Å². The van der Waals surface area contributed by atoms with Crippen molar-refractivity contribution in [1.82, 2.24) is 0 Å². The topological polar surface area (TPSA) is 105 Å². The molecule has 2 unspecified atom stereocenters. The Hall–Kier alpha value is -2.64. The molecule has 0 aliphatic rings. The Balaban J connectivity index is 4.48. The third-order valence-corrected chi connectivity index (χ3v) is 3.08. The van der Waals surface area contributed by atoms with Crippen LogP contribution in [0.5, 0.6) is 0 Å². The predicted octanol–water partition coefficient (Wildman–Crippen LogP) is 2.81. The number of rotatable bonds is 10. The summed E-state index contributed by atoms with van der Waals surface area (Å²) in [6.45, 7) is 15.9. The minimum Gasteiger partial charge on any atom is -0.425 e. The summed E-state index contributed by atoms with van der Waals surface area (Å²) in [6.07, 6.45) is -2.38. The minimum atomic E-state index is -1.08. The van der Waals surface area contributed by atoms with E-state index in [1.54, 1.807) is 13.8 Å². The quantitative estimate of drug-likeness (QED) is 0.322. The molecular weight excluding hydrogens is 356 g/mol. The zero-order chi connectivity index (χ0) is 21.4. The van der Waals surface area contributed by atoms with Crippen molar-refractivity contribution in [1.29, 1.82) is 0 Å². The molecule has 152 valence electrons. The highest BCUT2D eigenvalue weighted by Gasteiger charge is 2.29. The number of carbonyl (C=O) groups is 4. The Bertz CT molecular complexity index is 565. The van der Waals surface area contributed by atoms with Crippen LogP contribution in [0.2, 0.25) is 0 Å². The predicted molar refractivity (Wildman–Crippen MR) is 95.9 cm³/mol. The molecule has 27 heavy (non-hydrogen) atoms. The van der Waals surface area contributed by atoms with Gasteiger partial charge in [0.05, 0.1) is 12.8 Å². The second kappa shape index (κ2) is 10.5. The van der Waals surface area contributed by atoms with Gasteiger partial charge in [0.2, 0.25) is 12.6 Å². The smallest absolute Gasteiger partial charge is 0.336 e. The van der Waals surface area contributed by atoms with Crippen LogP contribution >= 0.6 is 0 Å². The van der Waals surface area contributed by atoms with Gasteiger partial charge in [-0.3, -0.25) is 9.59 Å². The summed E-state index contributed by atoms with van der Waals surface area (Å²) in [7, 11) is 0. The van der Waals surface area contributed by atoms with E-state index in [4.69, 9.17) is 18.9 Å². The first-order chi connectivity index (χ1) is 12.2. The van der Waals surface area contributed by atoms with Gasteiger partial charge in [-0.05, 0) is 19.3 Å². The Morgan fingerprint density at radius 1 is 0.741 bits per heavy atom. The number of hydrogen-bond donors (Lipinski definition) is 0. The van der Waals surface area contributed by atoms with Gasteiger partial charge in [-0.2, -0.15) is 0 Å². The molecule has 0 radical (unpaired) electrons. The fraction of sp³-hybridized carbons (Fsp3) is 0.579. The molecule has 8 heteroatoms. The van der Waals surface area contributed by atoms with E-state index in [1.807, 2.05) is 0 Å². The van der Waals surface area contributed by atoms with E-state index < -0.39 is 41.9 Å². The highest BCUT2D eigenvalue weighted by Crippen LogP contribution is 2.27. The maximum atomic E-state index is 12.0. The Morgan fingerprint density at radius 3 is 1.30 bits per heavy atom. The zero-order valence-corrected chi connectivity index (χ0v) is 16.7. The summed E-state index contributed by atoms with van der Waals surface area (Å²) in [5, 5.41) is 0. The Morgan fingerprint density at radius 2 is 1.04 bits per heavy atom. The van der Waals surface area contributed by atoms with Crippen molar-refractivity contribution >= 4 is 23.9 Å². The van der Waals surface area contributed by atoms with Crippen molar-refractivity contribution < 1.29 is 38.1 Å². The van der Waals surface area contributed by atoms with Crippen LogP contribution in [-0.4, -0.2) is 36.5 Å². The fourth-order valence-corrected chi connectivity index (χ4v) is 1.85. The summed E-state index contributed by atoms with van der Waals surface area (Å²) in [5.41, 5.74) is -0.422. The van der Waals surface area contributed by atoms with E-state index in [2.05, 4.69) is 13.2 Å². The van der Waals surface area contributed by atoms with Crippen molar-refractivity contribution in [3.05, 3.63) is 24.3 Å². The average Bonchev–Trinajstić information content (AvgIpc) is 2.44. The fourth-order valence-electron chi connectivity index (χ4n) is 1.85. The summed E-state index contributed by atoms with van der Waals surface area (Å²) >= 11 is 0. The number of hydrogen-bond acceptors (Lipinski definition) is 8. The van der Waals surface area contributed by atoms with Gasteiger partial charge in [-0.15, -0.1) is 0 Å². The van der Waals surface area contributed by atoms with Gasteiger partial charge in [0.25, 0.3) is 0 Å².